The molecule has 0 bridgehead atoms. The van der Waals surface area contributed by atoms with Crippen molar-refractivity contribution in [3.8, 4) is 0 Å². The molecule has 2 N–H and O–H groups in total. The van der Waals surface area contributed by atoms with E-state index in [2.05, 4.69) is 5.32 Å². The first-order valence-corrected chi connectivity index (χ1v) is 5.72. The van der Waals surface area contributed by atoms with Crippen molar-refractivity contribution in [1.82, 2.24) is 10.2 Å². The van der Waals surface area contributed by atoms with E-state index in [9.17, 15) is 18.0 Å². The lowest BCUT2D eigenvalue weighted by molar-refractivity contribution is -0.147. The number of rotatable bonds is 7. The molecule has 0 aliphatic heterocycles. The minimum atomic E-state index is -4.26. The number of carboxylic acid groups (broad SMARTS) is 1. The van der Waals surface area contributed by atoms with Crippen LogP contribution in [0.25, 0.3) is 0 Å². The van der Waals surface area contributed by atoms with Gasteiger partial charge in [-0.05, 0) is 34.2 Å². The van der Waals surface area contributed by atoms with E-state index in [1.54, 1.807) is 13.8 Å². The molecule has 18 heavy (non-hydrogen) atoms. The van der Waals surface area contributed by atoms with Gasteiger partial charge in [0.1, 0.15) is 5.54 Å². The zero-order valence-corrected chi connectivity index (χ0v) is 11.1. The lowest BCUT2D eigenvalue weighted by atomic mass is 9.96. The van der Waals surface area contributed by atoms with Crippen LogP contribution in [0.5, 0.6) is 0 Å². The molecule has 1 atom stereocenters. The Balaban J connectivity index is 4.41. The van der Waals surface area contributed by atoms with E-state index < -0.39 is 24.2 Å². The molecule has 4 nitrogen and oxygen atoms in total. The minimum Gasteiger partial charge on any atom is -0.480 e. The Bertz CT molecular complexity index is 282. The van der Waals surface area contributed by atoms with Crippen LogP contribution in [-0.4, -0.2) is 53.9 Å². The molecule has 0 saturated carbocycles. The summed E-state index contributed by atoms with van der Waals surface area (Å²) in [5, 5.41) is 12.0. The van der Waals surface area contributed by atoms with Crippen molar-refractivity contribution in [2.24, 2.45) is 0 Å². The molecular weight excluding hydrogens is 249 g/mol. The van der Waals surface area contributed by atoms with Gasteiger partial charge in [0.15, 0.2) is 0 Å². The van der Waals surface area contributed by atoms with Crippen LogP contribution in [0.3, 0.4) is 0 Å². The molecule has 108 valence electrons. The van der Waals surface area contributed by atoms with E-state index in [4.69, 9.17) is 5.11 Å². The second-order valence-corrected chi connectivity index (χ2v) is 5.04. The molecule has 0 aromatic carbocycles. The summed E-state index contributed by atoms with van der Waals surface area (Å²) >= 11 is 0. The highest BCUT2D eigenvalue weighted by atomic mass is 19.4. The number of halogens is 3. The van der Waals surface area contributed by atoms with Crippen LogP contribution in [0.1, 0.15) is 27.2 Å². The molecule has 7 heteroatoms. The Morgan fingerprint density at radius 2 is 1.89 bits per heavy atom. The smallest absolute Gasteiger partial charge is 0.401 e. The normalized spacial score (nSPS) is 16.1. The topological polar surface area (TPSA) is 52.6 Å². The largest absolute Gasteiger partial charge is 0.480 e. The maximum absolute atomic E-state index is 12.1. The van der Waals surface area contributed by atoms with E-state index in [-0.39, 0.29) is 19.0 Å². The first-order valence-electron chi connectivity index (χ1n) is 5.72. The average molecular weight is 270 g/mol. The summed E-state index contributed by atoms with van der Waals surface area (Å²) in [7, 11) is 1.32. The van der Waals surface area contributed by atoms with Crippen LogP contribution in [0.15, 0.2) is 0 Å². The third-order valence-corrected chi connectivity index (χ3v) is 2.52. The van der Waals surface area contributed by atoms with Gasteiger partial charge in [0, 0.05) is 12.6 Å². The van der Waals surface area contributed by atoms with Crippen LogP contribution in [0, 0.1) is 0 Å². The summed E-state index contributed by atoms with van der Waals surface area (Å²) in [6.45, 7) is 4.09. The fourth-order valence-corrected chi connectivity index (χ4v) is 1.68. The highest BCUT2D eigenvalue weighted by molar-refractivity contribution is 5.78. The third-order valence-electron chi connectivity index (χ3n) is 2.52. The average Bonchev–Trinajstić information content (AvgIpc) is 2.10. The fraction of sp³-hybridized carbons (Fsp3) is 0.909. The number of nitrogens with zero attached hydrogens (tertiary/aromatic N) is 1. The molecule has 0 aliphatic carbocycles. The van der Waals surface area contributed by atoms with E-state index in [0.29, 0.717) is 0 Å². The first kappa shape index (κ1) is 17.2. The van der Waals surface area contributed by atoms with Crippen molar-refractivity contribution in [2.45, 2.75) is 44.9 Å². The predicted octanol–water partition coefficient (Wildman–Crippen LogP) is 1.71. The number of carbonyl (C=O) groups is 1. The number of hydrogen-bond donors (Lipinski definition) is 2. The van der Waals surface area contributed by atoms with Gasteiger partial charge in [-0.3, -0.25) is 15.0 Å². The molecule has 0 rings (SSSR count). The van der Waals surface area contributed by atoms with E-state index in [0.717, 1.165) is 4.90 Å². The SMILES string of the molecule is CC(C)NC(C)(CCN(C)CC(F)(F)F)C(=O)O. The molecule has 1 unspecified atom stereocenters. The maximum atomic E-state index is 12.1. The quantitative estimate of drug-likeness (QED) is 0.739. The predicted molar refractivity (Wildman–Crippen MR) is 62.5 cm³/mol. The molecule has 0 aromatic rings. The molecule has 0 saturated heterocycles. The number of carboxylic acids is 1. The monoisotopic (exact) mass is 270 g/mol. The molecule has 0 fully saturated rings. The van der Waals surface area contributed by atoms with Crippen molar-refractivity contribution in [3.05, 3.63) is 0 Å². The van der Waals surface area contributed by atoms with Crippen LogP contribution in [0.4, 0.5) is 13.2 Å². The van der Waals surface area contributed by atoms with Crippen molar-refractivity contribution < 1.29 is 23.1 Å². The lowest BCUT2D eigenvalue weighted by Crippen LogP contribution is -2.54. The Hall–Kier alpha value is -0.820. The number of alkyl halides is 3. The van der Waals surface area contributed by atoms with Crippen molar-refractivity contribution in [3.63, 3.8) is 0 Å². The Morgan fingerprint density at radius 1 is 1.39 bits per heavy atom. The van der Waals surface area contributed by atoms with Gasteiger partial charge >= 0.3 is 12.1 Å². The molecule has 0 aliphatic rings. The molecule has 0 aromatic heterocycles. The summed E-state index contributed by atoms with van der Waals surface area (Å²) in [4.78, 5) is 12.2. The highest BCUT2D eigenvalue weighted by Crippen LogP contribution is 2.17. The molecule has 0 amide bonds. The van der Waals surface area contributed by atoms with Gasteiger partial charge in [0.05, 0.1) is 6.54 Å². The van der Waals surface area contributed by atoms with Crippen LogP contribution >= 0.6 is 0 Å². The standard InChI is InChI=1S/C11H21F3N2O2/c1-8(2)15-10(3,9(17)18)5-6-16(4)7-11(12,13)14/h8,15H,5-7H2,1-4H3,(H,17,18). The van der Waals surface area contributed by atoms with Gasteiger partial charge < -0.3 is 5.11 Å². The van der Waals surface area contributed by atoms with Crippen molar-refractivity contribution >= 4 is 5.97 Å². The van der Waals surface area contributed by atoms with Gasteiger partial charge in [-0.25, -0.2) is 0 Å². The molecule has 0 heterocycles. The third kappa shape index (κ3) is 6.80. The van der Waals surface area contributed by atoms with E-state index >= 15 is 0 Å². The van der Waals surface area contributed by atoms with Gasteiger partial charge in [0.2, 0.25) is 0 Å². The second-order valence-electron chi connectivity index (χ2n) is 5.04. The van der Waals surface area contributed by atoms with Gasteiger partial charge in [-0.15, -0.1) is 0 Å². The van der Waals surface area contributed by atoms with Gasteiger partial charge in [-0.1, -0.05) is 0 Å². The lowest BCUT2D eigenvalue weighted by Gasteiger charge is -2.30. The molecular formula is C11H21F3N2O2. The van der Waals surface area contributed by atoms with Crippen molar-refractivity contribution in [2.75, 3.05) is 20.1 Å². The van der Waals surface area contributed by atoms with Crippen LogP contribution in [0.2, 0.25) is 0 Å². The first-order chi connectivity index (χ1) is 7.96. The maximum Gasteiger partial charge on any atom is 0.401 e. The Labute approximate surface area is 105 Å². The zero-order chi connectivity index (χ0) is 14.6. The van der Waals surface area contributed by atoms with E-state index in [1.165, 1.54) is 14.0 Å². The summed E-state index contributed by atoms with van der Waals surface area (Å²) in [5.74, 6) is -1.06. The summed E-state index contributed by atoms with van der Waals surface area (Å²) in [6.07, 6.45) is -4.16. The molecule has 0 spiro atoms. The number of hydrogen-bond acceptors (Lipinski definition) is 3. The van der Waals surface area contributed by atoms with Gasteiger partial charge in [-0.2, -0.15) is 13.2 Å². The minimum absolute atomic E-state index is 0.0565. The Kier molecular flexibility index (Phi) is 6.09. The molecule has 0 radical (unpaired) electrons. The summed E-state index contributed by atoms with van der Waals surface area (Å²) < 4.78 is 36.4. The van der Waals surface area contributed by atoms with Gasteiger partial charge in [0.25, 0.3) is 0 Å². The Morgan fingerprint density at radius 3 is 2.22 bits per heavy atom. The second kappa shape index (κ2) is 6.38. The highest BCUT2D eigenvalue weighted by Gasteiger charge is 2.35. The van der Waals surface area contributed by atoms with Crippen LogP contribution in [-0.2, 0) is 4.79 Å². The van der Waals surface area contributed by atoms with E-state index in [1.807, 2.05) is 0 Å². The summed E-state index contributed by atoms with van der Waals surface area (Å²) in [6, 6.07) is -0.0565. The summed E-state index contributed by atoms with van der Waals surface area (Å²) in [5.41, 5.74) is -1.21. The zero-order valence-electron chi connectivity index (χ0n) is 11.1. The van der Waals surface area contributed by atoms with Crippen molar-refractivity contribution in [1.29, 1.82) is 0 Å². The number of aliphatic carboxylic acids is 1. The van der Waals surface area contributed by atoms with Crippen LogP contribution < -0.4 is 5.32 Å². The number of nitrogens with one attached hydrogen (secondary N) is 1. The fourth-order valence-electron chi connectivity index (χ4n) is 1.68.